The zero-order valence-corrected chi connectivity index (χ0v) is 7.47. The zero-order valence-electron chi connectivity index (χ0n) is 7.47. The Hall–Kier alpha value is -3.70. The summed E-state index contributed by atoms with van der Waals surface area (Å²) < 4.78 is 0. The van der Waals surface area contributed by atoms with Crippen LogP contribution in [-0.4, -0.2) is 20.3 Å². The van der Waals surface area contributed by atoms with Gasteiger partial charge in [-0.3, -0.25) is 0 Å². The number of hydrazine groups is 3. The molecule has 0 heterocycles. The molecule has 0 radical (unpaired) electrons. The number of hydrogen-bond acceptors (Lipinski definition) is 10. The molecule has 10 nitrogen and oxygen atoms in total. The van der Waals surface area contributed by atoms with Gasteiger partial charge in [-0.1, -0.05) is 15.0 Å². The fourth-order valence-corrected chi connectivity index (χ4v) is 0.575. The molecule has 0 aromatic carbocycles. The summed E-state index contributed by atoms with van der Waals surface area (Å²) in [4.78, 5) is 0. The Bertz CT molecular complexity index is 376. The van der Waals surface area contributed by atoms with Crippen molar-refractivity contribution in [2.45, 2.75) is 0 Å². The smallest absolute Gasteiger partial charge is 0.170 e. The van der Waals surface area contributed by atoms with Gasteiger partial charge in [-0.2, -0.15) is 31.6 Å². The summed E-state index contributed by atoms with van der Waals surface area (Å²) in [5.74, 6) is 0. The van der Waals surface area contributed by atoms with Gasteiger partial charge in [0.15, 0.2) is 0 Å². The molecule has 0 saturated heterocycles. The van der Waals surface area contributed by atoms with E-state index in [1.54, 1.807) is 0 Å². The summed E-state index contributed by atoms with van der Waals surface area (Å²) in [6.45, 7) is 0. The normalized spacial score (nSPS) is 6.94. The highest BCUT2D eigenvalue weighted by Gasteiger charge is 2.28. The minimum atomic E-state index is 0.0961. The van der Waals surface area contributed by atoms with Crippen LogP contribution in [0.1, 0.15) is 0 Å². The van der Waals surface area contributed by atoms with E-state index < -0.39 is 0 Å². The molecule has 0 aliphatic rings. The molecular formula is C6N10. The first-order valence-electron chi connectivity index (χ1n) is 3.28. The molecule has 74 valence electrons. The Kier molecular flexibility index (Phi) is 4.51. The first-order chi connectivity index (χ1) is 7.69. The third-order valence-corrected chi connectivity index (χ3v) is 1.10. The van der Waals surface area contributed by atoms with E-state index in [1.165, 1.54) is 37.2 Å². The predicted octanol–water partition coefficient (Wildman–Crippen LogP) is -1.17. The van der Waals surface area contributed by atoms with Crippen LogP contribution in [0.15, 0.2) is 0 Å². The van der Waals surface area contributed by atoms with Crippen LogP contribution in [0.2, 0.25) is 0 Å². The minimum absolute atomic E-state index is 0.0961. The lowest BCUT2D eigenvalue weighted by Gasteiger charge is -2.26. The Labute approximate surface area is 89.9 Å². The van der Waals surface area contributed by atoms with Crippen LogP contribution in [-0.2, 0) is 0 Å². The molecule has 0 N–H and O–H groups in total. The second-order valence-corrected chi connectivity index (χ2v) is 1.80. The maximum absolute atomic E-state index is 8.50. The Balaban J connectivity index is 5.46. The van der Waals surface area contributed by atoms with Gasteiger partial charge in [-0.25, -0.2) is 0 Å². The molecule has 0 fully saturated rings. The molecule has 0 aliphatic carbocycles. The van der Waals surface area contributed by atoms with Gasteiger partial charge in [0.25, 0.3) is 0 Å². The monoisotopic (exact) mass is 212 g/mol. The molecule has 0 spiro atoms. The van der Waals surface area contributed by atoms with Gasteiger partial charge < -0.3 is 0 Å². The highest BCUT2D eigenvalue weighted by atomic mass is 16.0. The lowest BCUT2D eigenvalue weighted by Crippen LogP contribution is -2.52. The fourth-order valence-electron chi connectivity index (χ4n) is 0.575. The van der Waals surface area contributed by atoms with Crippen molar-refractivity contribution in [2.24, 2.45) is 0 Å². The van der Waals surface area contributed by atoms with Gasteiger partial charge in [0.2, 0.25) is 37.2 Å². The molecule has 0 aromatic rings. The number of hydrogen-bond donors (Lipinski definition) is 0. The quantitative estimate of drug-likeness (QED) is 0.317. The van der Waals surface area contributed by atoms with Crippen LogP contribution in [0.4, 0.5) is 0 Å². The lowest BCUT2D eigenvalue weighted by atomic mass is 10.9. The standard InChI is InChI=1S/C6N10/c7-1-13(2-8)16(14(3-9)4-10)15(5-11)6-12. The summed E-state index contributed by atoms with van der Waals surface area (Å²) in [6, 6.07) is 0. The van der Waals surface area contributed by atoms with E-state index in [1.807, 2.05) is 0 Å². The summed E-state index contributed by atoms with van der Waals surface area (Å²) in [5.41, 5.74) is 0. The van der Waals surface area contributed by atoms with Crippen LogP contribution >= 0.6 is 0 Å². The van der Waals surface area contributed by atoms with Crippen molar-refractivity contribution < 1.29 is 0 Å². The second kappa shape index (κ2) is 5.86. The largest absolute Gasteiger partial charge is 0.213 e. The van der Waals surface area contributed by atoms with Gasteiger partial charge in [-0.05, 0) is 0 Å². The van der Waals surface area contributed by atoms with Gasteiger partial charge >= 0.3 is 0 Å². The minimum Gasteiger partial charge on any atom is -0.170 e. The number of nitrogens with zero attached hydrogens (tertiary/aromatic N) is 10. The van der Waals surface area contributed by atoms with E-state index in [2.05, 4.69) is 0 Å². The molecule has 16 heavy (non-hydrogen) atoms. The second-order valence-electron chi connectivity index (χ2n) is 1.80. The van der Waals surface area contributed by atoms with Gasteiger partial charge in [0.05, 0.1) is 0 Å². The highest BCUT2D eigenvalue weighted by molar-refractivity contribution is 4.94. The van der Waals surface area contributed by atoms with Crippen molar-refractivity contribution in [3.8, 4) is 37.2 Å². The summed E-state index contributed by atoms with van der Waals surface area (Å²) in [6.07, 6.45) is 7.56. The van der Waals surface area contributed by atoms with E-state index in [0.717, 1.165) is 0 Å². The molecule has 0 amide bonds. The van der Waals surface area contributed by atoms with E-state index in [0.29, 0.717) is 0 Å². The SMILES string of the molecule is N#CN(C#N)N(N(C#N)C#N)N(C#N)C#N. The van der Waals surface area contributed by atoms with E-state index in [-0.39, 0.29) is 20.3 Å². The van der Waals surface area contributed by atoms with Crippen molar-refractivity contribution in [1.82, 2.24) is 20.3 Å². The number of rotatable bonds is 3. The third kappa shape index (κ3) is 2.16. The Morgan fingerprint density at radius 2 is 0.625 bits per heavy atom. The van der Waals surface area contributed by atoms with E-state index in [9.17, 15) is 0 Å². The molecule has 0 unspecified atom stereocenters. The van der Waals surface area contributed by atoms with Crippen LogP contribution in [0.3, 0.4) is 0 Å². The van der Waals surface area contributed by atoms with Crippen molar-refractivity contribution in [2.75, 3.05) is 0 Å². The van der Waals surface area contributed by atoms with Crippen LogP contribution < -0.4 is 0 Å². The maximum atomic E-state index is 8.50. The van der Waals surface area contributed by atoms with Crippen LogP contribution in [0.5, 0.6) is 0 Å². The predicted molar refractivity (Wildman–Crippen MR) is 41.0 cm³/mol. The Morgan fingerprint density at radius 3 is 0.750 bits per heavy atom. The molecule has 10 heteroatoms. The lowest BCUT2D eigenvalue weighted by molar-refractivity contribution is -0.169. The van der Waals surface area contributed by atoms with Crippen LogP contribution in [0, 0.1) is 68.7 Å². The Morgan fingerprint density at radius 1 is 0.438 bits per heavy atom. The first-order valence-corrected chi connectivity index (χ1v) is 3.28. The van der Waals surface area contributed by atoms with Crippen molar-refractivity contribution >= 4 is 0 Å². The summed E-state index contributed by atoms with van der Waals surface area (Å²) >= 11 is 0. The molecule has 0 bridgehead atoms. The van der Waals surface area contributed by atoms with Gasteiger partial charge in [-0.15, -0.1) is 0 Å². The fraction of sp³-hybridized carbons (Fsp3) is 0. The molecule has 0 rings (SSSR count). The first kappa shape index (κ1) is 12.3. The molecular weight excluding hydrogens is 212 g/mol. The average Bonchev–Trinajstić information content (AvgIpc) is 2.33. The molecule has 0 saturated carbocycles. The van der Waals surface area contributed by atoms with Crippen molar-refractivity contribution in [3.05, 3.63) is 0 Å². The molecule has 0 aliphatic heterocycles. The molecule has 0 atom stereocenters. The molecule has 0 aromatic heterocycles. The average molecular weight is 212 g/mol. The van der Waals surface area contributed by atoms with Gasteiger partial charge in [0.1, 0.15) is 0 Å². The van der Waals surface area contributed by atoms with Crippen molar-refractivity contribution in [1.29, 1.82) is 31.6 Å². The highest BCUT2D eigenvalue weighted by Crippen LogP contribution is 2.04. The third-order valence-electron chi connectivity index (χ3n) is 1.10. The van der Waals surface area contributed by atoms with E-state index >= 15 is 0 Å². The van der Waals surface area contributed by atoms with E-state index in [4.69, 9.17) is 31.6 Å². The van der Waals surface area contributed by atoms with Crippen molar-refractivity contribution in [3.63, 3.8) is 0 Å². The zero-order chi connectivity index (χ0) is 12.6. The van der Waals surface area contributed by atoms with Gasteiger partial charge in [0, 0.05) is 5.23 Å². The summed E-state index contributed by atoms with van der Waals surface area (Å²) in [7, 11) is 0. The summed E-state index contributed by atoms with van der Waals surface area (Å²) in [5, 5.41) is 51.4. The van der Waals surface area contributed by atoms with Crippen LogP contribution in [0.25, 0.3) is 0 Å². The maximum Gasteiger partial charge on any atom is 0.213 e. The topological polar surface area (TPSA) is 156 Å². The number of nitriles is 6.